The maximum atomic E-state index is 12.3. The Morgan fingerprint density at radius 3 is 2.35 bits per heavy atom. The normalized spacial score (nSPS) is 11.3. The Labute approximate surface area is 134 Å². The summed E-state index contributed by atoms with van der Waals surface area (Å²) in [7, 11) is -3.61. The maximum absolute atomic E-state index is 12.3. The van der Waals surface area contributed by atoms with E-state index in [1.54, 1.807) is 30.7 Å². The number of rotatable bonds is 5. The quantitative estimate of drug-likeness (QED) is 0.775. The molecular formula is C16H14N4O2S. The molecule has 0 aromatic carbocycles. The van der Waals surface area contributed by atoms with Crippen molar-refractivity contribution < 1.29 is 8.42 Å². The fourth-order valence-corrected chi connectivity index (χ4v) is 3.08. The number of pyridine rings is 3. The van der Waals surface area contributed by atoms with Crippen LogP contribution in [0.5, 0.6) is 0 Å². The van der Waals surface area contributed by atoms with E-state index in [1.807, 2.05) is 18.2 Å². The van der Waals surface area contributed by atoms with Gasteiger partial charge < -0.3 is 0 Å². The van der Waals surface area contributed by atoms with E-state index in [0.29, 0.717) is 5.69 Å². The van der Waals surface area contributed by atoms with Gasteiger partial charge in [-0.15, -0.1) is 0 Å². The Kier molecular flexibility index (Phi) is 4.40. The van der Waals surface area contributed by atoms with Crippen LogP contribution in [-0.2, 0) is 16.6 Å². The summed E-state index contributed by atoms with van der Waals surface area (Å²) in [6.07, 6.45) is 7.88. The first-order valence-corrected chi connectivity index (χ1v) is 8.39. The highest BCUT2D eigenvalue weighted by Crippen LogP contribution is 2.20. The highest BCUT2D eigenvalue weighted by molar-refractivity contribution is 7.89. The molecule has 0 aliphatic carbocycles. The minimum absolute atomic E-state index is 0.131. The number of sulfonamides is 1. The topological polar surface area (TPSA) is 84.8 Å². The molecule has 3 aromatic rings. The van der Waals surface area contributed by atoms with Gasteiger partial charge in [0.25, 0.3) is 0 Å². The molecule has 0 spiro atoms. The van der Waals surface area contributed by atoms with Gasteiger partial charge in [-0.2, -0.15) is 0 Å². The summed E-state index contributed by atoms with van der Waals surface area (Å²) >= 11 is 0. The summed E-state index contributed by atoms with van der Waals surface area (Å²) < 4.78 is 27.1. The Bertz CT molecular complexity index is 884. The van der Waals surface area contributed by atoms with Crippen molar-refractivity contribution in [1.82, 2.24) is 19.7 Å². The third-order valence-electron chi connectivity index (χ3n) is 3.22. The predicted octanol–water partition coefficient (Wildman–Crippen LogP) is 2.02. The fourth-order valence-electron chi connectivity index (χ4n) is 2.11. The molecule has 0 saturated carbocycles. The summed E-state index contributed by atoms with van der Waals surface area (Å²) in [6, 6.07) is 10.4. The molecule has 0 amide bonds. The Balaban J connectivity index is 1.85. The number of aromatic nitrogens is 3. The van der Waals surface area contributed by atoms with E-state index in [4.69, 9.17) is 0 Å². The van der Waals surface area contributed by atoms with Crippen LogP contribution in [-0.4, -0.2) is 23.4 Å². The molecule has 0 aliphatic heterocycles. The van der Waals surface area contributed by atoms with Crippen molar-refractivity contribution in [3.63, 3.8) is 0 Å². The van der Waals surface area contributed by atoms with Crippen LogP contribution in [0.4, 0.5) is 0 Å². The zero-order valence-electron chi connectivity index (χ0n) is 12.1. The van der Waals surface area contributed by atoms with Gasteiger partial charge in [0.2, 0.25) is 10.0 Å². The molecule has 6 nitrogen and oxygen atoms in total. The van der Waals surface area contributed by atoms with Crippen LogP contribution in [0.1, 0.15) is 5.56 Å². The lowest BCUT2D eigenvalue weighted by Crippen LogP contribution is -2.23. The molecule has 0 aliphatic rings. The Morgan fingerprint density at radius 1 is 0.913 bits per heavy atom. The van der Waals surface area contributed by atoms with Gasteiger partial charge in [0.05, 0.1) is 5.69 Å². The number of nitrogens with zero attached hydrogens (tertiary/aromatic N) is 3. The Hall–Kier alpha value is -2.64. The molecule has 3 aromatic heterocycles. The number of nitrogens with one attached hydrogen (secondary N) is 1. The van der Waals surface area contributed by atoms with Crippen LogP contribution in [0.25, 0.3) is 11.3 Å². The minimum Gasteiger partial charge on any atom is -0.264 e. The van der Waals surface area contributed by atoms with Crippen molar-refractivity contribution in [3.8, 4) is 11.3 Å². The van der Waals surface area contributed by atoms with Crippen molar-refractivity contribution in [1.29, 1.82) is 0 Å². The monoisotopic (exact) mass is 326 g/mol. The molecule has 23 heavy (non-hydrogen) atoms. The molecule has 116 valence electrons. The minimum atomic E-state index is -3.61. The zero-order chi connectivity index (χ0) is 16.1. The van der Waals surface area contributed by atoms with Crippen molar-refractivity contribution in [2.75, 3.05) is 0 Å². The van der Waals surface area contributed by atoms with Crippen molar-refractivity contribution in [2.45, 2.75) is 11.4 Å². The SMILES string of the molecule is O=S(=O)(NCc1cccnc1-c1cccnc1)c1cccnc1. The van der Waals surface area contributed by atoms with Gasteiger partial charge in [-0.1, -0.05) is 6.07 Å². The highest BCUT2D eigenvalue weighted by atomic mass is 32.2. The first kappa shape index (κ1) is 15.3. The lowest BCUT2D eigenvalue weighted by Gasteiger charge is -2.10. The van der Waals surface area contributed by atoms with Crippen molar-refractivity contribution >= 4 is 10.0 Å². The van der Waals surface area contributed by atoms with Crippen LogP contribution < -0.4 is 4.72 Å². The van der Waals surface area contributed by atoms with E-state index in [9.17, 15) is 8.42 Å². The zero-order valence-corrected chi connectivity index (χ0v) is 12.9. The summed E-state index contributed by atoms with van der Waals surface area (Å²) in [5, 5.41) is 0. The first-order chi connectivity index (χ1) is 11.2. The summed E-state index contributed by atoms with van der Waals surface area (Å²) in [6.45, 7) is 0.134. The second-order valence-electron chi connectivity index (χ2n) is 4.77. The highest BCUT2D eigenvalue weighted by Gasteiger charge is 2.15. The summed E-state index contributed by atoms with van der Waals surface area (Å²) in [5.74, 6) is 0. The molecule has 1 N–H and O–H groups in total. The molecule has 0 fully saturated rings. The first-order valence-electron chi connectivity index (χ1n) is 6.91. The van der Waals surface area contributed by atoms with E-state index in [0.717, 1.165) is 11.1 Å². The van der Waals surface area contributed by atoms with E-state index in [2.05, 4.69) is 19.7 Å². The molecule has 3 heterocycles. The van der Waals surface area contributed by atoms with Crippen LogP contribution in [0, 0.1) is 0 Å². The smallest absolute Gasteiger partial charge is 0.242 e. The lowest BCUT2D eigenvalue weighted by molar-refractivity contribution is 0.581. The summed E-state index contributed by atoms with van der Waals surface area (Å²) in [5.41, 5.74) is 2.31. The van der Waals surface area contributed by atoms with Gasteiger partial charge in [0.15, 0.2) is 0 Å². The van der Waals surface area contributed by atoms with Crippen LogP contribution >= 0.6 is 0 Å². The van der Waals surface area contributed by atoms with Gasteiger partial charge >= 0.3 is 0 Å². The van der Waals surface area contributed by atoms with Crippen molar-refractivity contribution in [2.24, 2.45) is 0 Å². The average Bonchev–Trinajstić information content (AvgIpc) is 2.62. The number of hydrogen-bond donors (Lipinski definition) is 1. The molecule has 0 saturated heterocycles. The van der Waals surface area contributed by atoms with Gasteiger partial charge in [-0.25, -0.2) is 13.1 Å². The molecule has 0 radical (unpaired) electrons. The van der Waals surface area contributed by atoms with E-state index < -0.39 is 10.0 Å². The van der Waals surface area contributed by atoms with Gasteiger partial charge in [-0.3, -0.25) is 15.0 Å². The van der Waals surface area contributed by atoms with Crippen LogP contribution in [0.15, 0.2) is 72.3 Å². The predicted molar refractivity (Wildman–Crippen MR) is 85.7 cm³/mol. The standard InChI is InChI=1S/C16H14N4O2S/c21-23(22,15-6-3-8-18-12-15)20-11-14-5-2-9-19-16(14)13-4-1-7-17-10-13/h1-10,12,20H,11H2. The maximum Gasteiger partial charge on any atom is 0.242 e. The fraction of sp³-hybridized carbons (Fsp3) is 0.0625. The van der Waals surface area contributed by atoms with Gasteiger partial charge in [0.1, 0.15) is 4.90 Å². The van der Waals surface area contributed by atoms with Crippen LogP contribution in [0.3, 0.4) is 0 Å². The lowest BCUT2D eigenvalue weighted by atomic mass is 10.1. The second kappa shape index (κ2) is 6.64. The van der Waals surface area contributed by atoms with E-state index >= 15 is 0 Å². The largest absolute Gasteiger partial charge is 0.264 e. The van der Waals surface area contributed by atoms with Crippen molar-refractivity contribution in [3.05, 3.63) is 72.9 Å². The Morgan fingerprint density at radius 2 is 1.65 bits per heavy atom. The summed E-state index contributed by atoms with van der Waals surface area (Å²) in [4.78, 5) is 12.4. The van der Waals surface area contributed by atoms with Crippen LogP contribution in [0.2, 0.25) is 0 Å². The molecule has 0 bridgehead atoms. The molecule has 0 atom stereocenters. The molecule has 7 heteroatoms. The third kappa shape index (κ3) is 3.58. The molecule has 0 unspecified atom stereocenters. The number of hydrogen-bond acceptors (Lipinski definition) is 5. The molecule has 3 rings (SSSR count). The van der Waals surface area contributed by atoms with Gasteiger partial charge in [0, 0.05) is 43.1 Å². The second-order valence-corrected chi connectivity index (χ2v) is 6.53. The third-order valence-corrected chi connectivity index (χ3v) is 4.61. The van der Waals surface area contributed by atoms with E-state index in [-0.39, 0.29) is 11.4 Å². The van der Waals surface area contributed by atoms with Gasteiger partial charge in [-0.05, 0) is 35.9 Å². The average molecular weight is 326 g/mol. The molecular weight excluding hydrogens is 312 g/mol. The van der Waals surface area contributed by atoms with E-state index in [1.165, 1.54) is 18.5 Å².